The van der Waals surface area contributed by atoms with Gasteiger partial charge in [-0.05, 0) is 51.4 Å². The van der Waals surface area contributed by atoms with Crippen LogP contribution in [0.4, 0.5) is 0 Å². The van der Waals surface area contributed by atoms with E-state index < -0.39 is 12.1 Å². The van der Waals surface area contributed by atoms with Crippen molar-refractivity contribution < 1.29 is 24.5 Å². The number of unbranched alkanes of at least 4 members (excludes halogenated alkanes) is 38. The smallest absolute Gasteiger partial charge is 0.305 e. The highest BCUT2D eigenvalue weighted by Crippen LogP contribution is 2.17. The third-order valence-electron chi connectivity index (χ3n) is 12.8. The van der Waals surface area contributed by atoms with Crippen molar-refractivity contribution in [2.24, 2.45) is 0 Å². The minimum atomic E-state index is -0.674. The summed E-state index contributed by atoms with van der Waals surface area (Å²) in [6, 6.07) is -0.553. The number of aliphatic hydroxyl groups excluding tert-OH is 2. The summed E-state index contributed by atoms with van der Waals surface area (Å²) in [6.45, 7) is 4.92. The normalized spacial score (nSPS) is 12.7. The molecule has 2 atom stereocenters. The summed E-state index contributed by atoms with van der Waals surface area (Å²) in [7, 11) is 0. The van der Waals surface area contributed by atoms with E-state index in [1.807, 2.05) is 0 Å². The predicted molar refractivity (Wildman–Crippen MR) is 264 cm³/mol. The minimum Gasteiger partial charge on any atom is -0.466 e. The van der Waals surface area contributed by atoms with Gasteiger partial charge in [0, 0.05) is 12.8 Å². The summed E-state index contributed by atoms with van der Waals surface area (Å²) in [6.07, 6.45) is 59.0. The van der Waals surface area contributed by atoms with Gasteiger partial charge in [-0.2, -0.15) is 0 Å². The molecule has 61 heavy (non-hydrogen) atoms. The van der Waals surface area contributed by atoms with Crippen molar-refractivity contribution in [1.82, 2.24) is 5.32 Å². The van der Waals surface area contributed by atoms with Gasteiger partial charge in [0.1, 0.15) is 0 Å². The highest BCUT2D eigenvalue weighted by atomic mass is 16.5. The number of allylic oxidation sites excluding steroid dienone is 2. The molecule has 0 aromatic carbocycles. The lowest BCUT2D eigenvalue weighted by Gasteiger charge is -2.22. The van der Waals surface area contributed by atoms with Gasteiger partial charge in [0.05, 0.1) is 25.4 Å². The van der Waals surface area contributed by atoms with Crippen LogP contribution in [-0.2, 0) is 14.3 Å². The van der Waals surface area contributed by atoms with Gasteiger partial charge >= 0.3 is 5.97 Å². The number of esters is 1. The number of hydrogen-bond donors (Lipinski definition) is 3. The molecule has 0 bridgehead atoms. The lowest BCUT2D eigenvalue weighted by atomic mass is 10.0. The Morgan fingerprint density at radius 3 is 1.16 bits per heavy atom. The number of carbonyl (C=O) groups is 2. The molecular weight excluding hydrogens is 755 g/mol. The number of aliphatic hydroxyl groups is 2. The number of ether oxygens (including phenoxy) is 1. The molecule has 2 unspecified atom stereocenters. The van der Waals surface area contributed by atoms with Crippen molar-refractivity contribution in [2.45, 2.75) is 315 Å². The lowest BCUT2D eigenvalue weighted by molar-refractivity contribution is -0.143. The second-order valence-electron chi connectivity index (χ2n) is 18.9. The van der Waals surface area contributed by atoms with Crippen LogP contribution >= 0.6 is 0 Å². The minimum absolute atomic E-state index is 0.0170. The Labute approximate surface area is 380 Å². The molecule has 0 aromatic heterocycles. The average Bonchev–Trinajstić information content (AvgIpc) is 3.26. The first kappa shape index (κ1) is 59.6. The Morgan fingerprint density at radius 2 is 0.770 bits per heavy atom. The Bertz CT molecular complexity index is 909. The fourth-order valence-corrected chi connectivity index (χ4v) is 8.58. The van der Waals surface area contributed by atoms with Crippen molar-refractivity contribution in [1.29, 1.82) is 0 Å². The first-order valence-corrected chi connectivity index (χ1v) is 27.4. The Hall–Kier alpha value is -1.40. The molecule has 0 rings (SSSR count). The van der Waals surface area contributed by atoms with Crippen molar-refractivity contribution >= 4 is 11.9 Å². The van der Waals surface area contributed by atoms with Gasteiger partial charge in [-0.15, -0.1) is 0 Å². The van der Waals surface area contributed by atoms with Crippen LogP contribution in [0.15, 0.2) is 12.2 Å². The number of amides is 1. The van der Waals surface area contributed by atoms with Crippen LogP contribution in [0, 0.1) is 0 Å². The topological polar surface area (TPSA) is 95.9 Å². The zero-order valence-corrected chi connectivity index (χ0v) is 41.2. The number of carbonyl (C=O) groups excluding carboxylic acids is 2. The van der Waals surface area contributed by atoms with Crippen molar-refractivity contribution in [3.05, 3.63) is 12.2 Å². The molecule has 6 heteroatoms. The molecule has 0 fully saturated rings. The molecule has 0 aromatic rings. The summed E-state index contributed by atoms with van der Waals surface area (Å²) in [5, 5.41) is 23.3. The van der Waals surface area contributed by atoms with Gasteiger partial charge in [-0.1, -0.05) is 251 Å². The van der Waals surface area contributed by atoms with Gasteiger partial charge in [-0.25, -0.2) is 0 Å². The monoisotopic (exact) mass is 862 g/mol. The van der Waals surface area contributed by atoms with Gasteiger partial charge < -0.3 is 20.3 Å². The van der Waals surface area contributed by atoms with E-state index in [4.69, 9.17) is 4.74 Å². The molecular formula is C55H107NO5. The maximum atomic E-state index is 12.5. The first-order chi connectivity index (χ1) is 30.0. The number of hydrogen-bond acceptors (Lipinski definition) is 5. The van der Waals surface area contributed by atoms with Crippen LogP contribution in [0.3, 0.4) is 0 Å². The SMILES string of the molecule is CCCCCCC/C=C\CCCCCCCC(=O)OCCCCCCCCCCCCCCC(=O)NC(CO)C(O)CCCCCCCCCCCCCCCCCCCC. The van der Waals surface area contributed by atoms with E-state index in [9.17, 15) is 19.8 Å². The standard InChI is InChI=1S/C55H107NO5/c1-3-5-7-9-11-13-15-17-19-20-21-22-23-27-31-35-39-43-47-53(58)52(51-57)56-54(59)48-44-40-36-32-28-25-26-30-34-38-42-46-50-61-55(60)49-45-41-37-33-29-24-18-16-14-12-10-8-6-4-2/h16,18,52-53,57-58H,3-15,17,19-51H2,1-2H3,(H,56,59)/b18-16-. The highest BCUT2D eigenvalue weighted by molar-refractivity contribution is 5.76. The lowest BCUT2D eigenvalue weighted by Crippen LogP contribution is -2.45. The zero-order valence-electron chi connectivity index (χ0n) is 41.2. The van der Waals surface area contributed by atoms with Gasteiger partial charge in [0.15, 0.2) is 0 Å². The fraction of sp³-hybridized carbons (Fsp3) is 0.927. The Balaban J connectivity index is 3.46. The molecule has 0 saturated carbocycles. The van der Waals surface area contributed by atoms with E-state index in [0.717, 1.165) is 57.8 Å². The summed E-state index contributed by atoms with van der Waals surface area (Å²) >= 11 is 0. The molecule has 0 aliphatic heterocycles. The molecule has 0 radical (unpaired) electrons. The maximum Gasteiger partial charge on any atom is 0.305 e. The van der Waals surface area contributed by atoms with Crippen molar-refractivity contribution in [2.75, 3.05) is 13.2 Å². The Morgan fingerprint density at radius 1 is 0.443 bits per heavy atom. The second-order valence-corrected chi connectivity index (χ2v) is 18.9. The molecule has 362 valence electrons. The van der Waals surface area contributed by atoms with Crippen LogP contribution in [0.1, 0.15) is 303 Å². The molecule has 6 nitrogen and oxygen atoms in total. The third-order valence-corrected chi connectivity index (χ3v) is 12.8. The summed E-state index contributed by atoms with van der Waals surface area (Å²) in [5.74, 6) is -0.0655. The highest BCUT2D eigenvalue weighted by Gasteiger charge is 2.20. The molecule has 0 aliphatic carbocycles. The van der Waals surface area contributed by atoms with E-state index in [2.05, 4.69) is 31.3 Å². The molecule has 0 heterocycles. The first-order valence-electron chi connectivity index (χ1n) is 27.4. The Kier molecular flexibility index (Phi) is 50.1. The largest absolute Gasteiger partial charge is 0.466 e. The fourth-order valence-electron chi connectivity index (χ4n) is 8.58. The zero-order chi connectivity index (χ0) is 44.4. The molecule has 0 aliphatic rings. The van der Waals surface area contributed by atoms with E-state index in [0.29, 0.717) is 25.9 Å². The van der Waals surface area contributed by atoms with Crippen molar-refractivity contribution in [3.63, 3.8) is 0 Å². The van der Waals surface area contributed by atoms with Gasteiger partial charge in [-0.3, -0.25) is 9.59 Å². The number of rotatable bonds is 51. The van der Waals surface area contributed by atoms with Gasteiger partial charge in [0.25, 0.3) is 0 Å². The number of nitrogens with one attached hydrogen (secondary N) is 1. The third kappa shape index (κ3) is 47.9. The maximum absolute atomic E-state index is 12.5. The van der Waals surface area contributed by atoms with Crippen LogP contribution in [0.2, 0.25) is 0 Å². The van der Waals surface area contributed by atoms with Crippen LogP contribution in [-0.4, -0.2) is 47.4 Å². The molecule has 1 amide bonds. The van der Waals surface area contributed by atoms with Gasteiger partial charge in [0.2, 0.25) is 5.91 Å². The van der Waals surface area contributed by atoms with E-state index >= 15 is 0 Å². The van der Waals surface area contributed by atoms with E-state index in [1.54, 1.807) is 0 Å². The van der Waals surface area contributed by atoms with Crippen LogP contribution < -0.4 is 5.32 Å². The molecule has 3 N–H and O–H groups in total. The summed E-state index contributed by atoms with van der Waals surface area (Å²) < 4.78 is 5.46. The van der Waals surface area contributed by atoms with E-state index in [1.165, 1.54) is 212 Å². The van der Waals surface area contributed by atoms with Crippen LogP contribution in [0.5, 0.6) is 0 Å². The average molecular weight is 862 g/mol. The van der Waals surface area contributed by atoms with Crippen LogP contribution in [0.25, 0.3) is 0 Å². The predicted octanol–water partition coefficient (Wildman–Crippen LogP) is 16.5. The molecule has 0 saturated heterocycles. The molecule has 0 spiro atoms. The summed E-state index contributed by atoms with van der Waals surface area (Å²) in [4.78, 5) is 24.5. The quantitative estimate of drug-likeness (QED) is 0.0322. The summed E-state index contributed by atoms with van der Waals surface area (Å²) in [5.41, 5.74) is 0. The van der Waals surface area contributed by atoms with Crippen molar-refractivity contribution in [3.8, 4) is 0 Å². The second kappa shape index (κ2) is 51.2. The van der Waals surface area contributed by atoms with E-state index in [-0.39, 0.29) is 18.5 Å².